The van der Waals surface area contributed by atoms with Crippen LogP contribution in [0.2, 0.25) is 0 Å². The predicted octanol–water partition coefficient (Wildman–Crippen LogP) is 2.30. The number of anilines is 1. The molecule has 1 atom stereocenters. The normalized spacial score (nSPS) is 20.9. The van der Waals surface area contributed by atoms with E-state index in [4.69, 9.17) is 10.5 Å². The van der Waals surface area contributed by atoms with Gasteiger partial charge < -0.3 is 10.5 Å². The number of halogens is 1. The van der Waals surface area contributed by atoms with Crippen LogP contribution in [-0.4, -0.2) is 30.7 Å². The summed E-state index contributed by atoms with van der Waals surface area (Å²) < 4.78 is 5.50. The summed E-state index contributed by atoms with van der Waals surface area (Å²) >= 11 is 0. The molecule has 0 saturated carbocycles. The molecule has 2 rings (SSSR count). The van der Waals surface area contributed by atoms with Gasteiger partial charge in [-0.2, -0.15) is 0 Å². The van der Waals surface area contributed by atoms with E-state index in [0.717, 1.165) is 38.4 Å². The average Bonchev–Trinajstić information content (AvgIpc) is 2.30. The summed E-state index contributed by atoms with van der Waals surface area (Å²) in [4.78, 5) is 2.48. The molecule has 0 spiro atoms. The molecule has 96 valence electrons. The van der Waals surface area contributed by atoms with Gasteiger partial charge in [0.1, 0.15) is 0 Å². The van der Waals surface area contributed by atoms with E-state index >= 15 is 0 Å². The SMILES string of the molecule is CCC1COCCN1Cc1cccc(N)c1.Cl. The Morgan fingerprint density at radius 2 is 2.29 bits per heavy atom. The molecule has 1 aliphatic heterocycles. The van der Waals surface area contributed by atoms with Crippen molar-refractivity contribution in [2.45, 2.75) is 25.9 Å². The van der Waals surface area contributed by atoms with Gasteiger partial charge in [-0.3, -0.25) is 4.90 Å². The number of morpholine rings is 1. The van der Waals surface area contributed by atoms with Gasteiger partial charge in [-0.05, 0) is 24.1 Å². The van der Waals surface area contributed by atoms with Crippen molar-refractivity contribution in [1.82, 2.24) is 4.90 Å². The monoisotopic (exact) mass is 256 g/mol. The van der Waals surface area contributed by atoms with E-state index in [1.165, 1.54) is 5.56 Å². The van der Waals surface area contributed by atoms with E-state index in [-0.39, 0.29) is 12.4 Å². The minimum atomic E-state index is 0. The van der Waals surface area contributed by atoms with Crippen LogP contribution in [0.25, 0.3) is 0 Å². The summed E-state index contributed by atoms with van der Waals surface area (Å²) in [6, 6.07) is 8.70. The summed E-state index contributed by atoms with van der Waals surface area (Å²) in [5, 5.41) is 0. The molecule has 0 aromatic heterocycles. The van der Waals surface area contributed by atoms with Gasteiger partial charge in [0, 0.05) is 24.8 Å². The van der Waals surface area contributed by atoms with Gasteiger partial charge in [0.05, 0.1) is 13.2 Å². The first-order valence-corrected chi connectivity index (χ1v) is 5.96. The van der Waals surface area contributed by atoms with E-state index in [0.29, 0.717) is 6.04 Å². The van der Waals surface area contributed by atoms with Crippen molar-refractivity contribution in [2.24, 2.45) is 0 Å². The Balaban J connectivity index is 0.00000144. The van der Waals surface area contributed by atoms with Crippen LogP contribution in [0.4, 0.5) is 5.69 Å². The van der Waals surface area contributed by atoms with Crippen molar-refractivity contribution >= 4 is 18.1 Å². The maximum absolute atomic E-state index is 5.79. The highest BCUT2D eigenvalue weighted by atomic mass is 35.5. The Labute approximate surface area is 109 Å². The lowest BCUT2D eigenvalue weighted by molar-refractivity contribution is -0.0127. The summed E-state index contributed by atoms with van der Waals surface area (Å²) in [6.45, 7) is 5.92. The van der Waals surface area contributed by atoms with Gasteiger partial charge in [-0.15, -0.1) is 12.4 Å². The van der Waals surface area contributed by atoms with E-state index in [1.807, 2.05) is 12.1 Å². The van der Waals surface area contributed by atoms with Crippen molar-refractivity contribution in [3.05, 3.63) is 29.8 Å². The van der Waals surface area contributed by atoms with Crippen molar-refractivity contribution in [1.29, 1.82) is 0 Å². The van der Waals surface area contributed by atoms with Crippen molar-refractivity contribution in [3.63, 3.8) is 0 Å². The first kappa shape index (κ1) is 14.3. The second-order valence-electron chi connectivity index (χ2n) is 4.35. The standard InChI is InChI=1S/C13H20N2O.ClH/c1-2-13-10-16-7-6-15(13)9-11-4-3-5-12(14)8-11;/h3-5,8,13H,2,6-7,9-10,14H2,1H3;1H. The highest BCUT2D eigenvalue weighted by Crippen LogP contribution is 2.15. The summed E-state index contributed by atoms with van der Waals surface area (Å²) in [7, 11) is 0. The van der Waals surface area contributed by atoms with Gasteiger partial charge >= 0.3 is 0 Å². The second-order valence-corrected chi connectivity index (χ2v) is 4.35. The molecule has 4 heteroatoms. The first-order chi connectivity index (χ1) is 7.79. The molecule has 1 fully saturated rings. The molecule has 0 aliphatic carbocycles. The minimum absolute atomic E-state index is 0. The number of nitrogen functional groups attached to an aromatic ring is 1. The zero-order valence-electron chi connectivity index (χ0n) is 10.3. The minimum Gasteiger partial charge on any atom is -0.399 e. The number of nitrogens with zero attached hydrogens (tertiary/aromatic N) is 1. The molecule has 0 radical (unpaired) electrons. The summed E-state index contributed by atoms with van der Waals surface area (Å²) in [6.07, 6.45) is 1.14. The molecule has 0 amide bonds. The maximum atomic E-state index is 5.79. The fourth-order valence-corrected chi connectivity index (χ4v) is 2.20. The van der Waals surface area contributed by atoms with Gasteiger partial charge in [-0.25, -0.2) is 0 Å². The Hall–Kier alpha value is -0.770. The predicted molar refractivity (Wildman–Crippen MR) is 73.4 cm³/mol. The number of nitrogens with two attached hydrogens (primary N) is 1. The number of hydrogen-bond acceptors (Lipinski definition) is 3. The molecule has 17 heavy (non-hydrogen) atoms. The second kappa shape index (κ2) is 6.84. The van der Waals surface area contributed by atoms with E-state index < -0.39 is 0 Å². The fourth-order valence-electron chi connectivity index (χ4n) is 2.20. The molecule has 1 aliphatic rings. The Bertz CT molecular complexity index is 346. The van der Waals surface area contributed by atoms with Crippen LogP contribution >= 0.6 is 12.4 Å². The molecule has 1 aromatic carbocycles. The molecule has 1 heterocycles. The lowest BCUT2D eigenvalue weighted by Gasteiger charge is -2.35. The first-order valence-electron chi connectivity index (χ1n) is 5.96. The largest absolute Gasteiger partial charge is 0.399 e. The Morgan fingerprint density at radius 3 is 3.00 bits per heavy atom. The molecule has 0 bridgehead atoms. The Morgan fingerprint density at radius 1 is 1.47 bits per heavy atom. The smallest absolute Gasteiger partial charge is 0.0622 e. The zero-order valence-corrected chi connectivity index (χ0v) is 11.1. The van der Waals surface area contributed by atoms with Crippen LogP contribution in [0.15, 0.2) is 24.3 Å². The zero-order chi connectivity index (χ0) is 11.4. The molecular weight excluding hydrogens is 236 g/mol. The van der Waals surface area contributed by atoms with E-state index in [2.05, 4.69) is 24.0 Å². The van der Waals surface area contributed by atoms with Gasteiger partial charge in [-0.1, -0.05) is 19.1 Å². The fraction of sp³-hybridized carbons (Fsp3) is 0.538. The van der Waals surface area contributed by atoms with Crippen molar-refractivity contribution in [2.75, 3.05) is 25.5 Å². The van der Waals surface area contributed by atoms with Crippen LogP contribution in [-0.2, 0) is 11.3 Å². The molecule has 1 saturated heterocycles. The topological polar surface area (TPSA) is 38.5 Å². The third kappa shape index (κ3) is 3.87. The maximum Gasteiger partial charge on any atom is 0.0622 e. The van der Waals surface area contributed by atoms with Gasteiger partial charge in [0.25, 0.3) is 0 Å². The number of ether oxygens (including phenoxy) is 1. The number of hydrogen-bond donors (Lipinski definition) is 1. The lowest BCUT2D eigenvalue weighted by atomic mass is 10.1. The molecular formula is C13H21ClN2O. The van der Waals surface area contributed by atoms with E-state index in [9.17, 15) is 0 Å². The quantitative estimate of drug-likeness (QED) is 0.844. The summed E-state index contributed by atoms with van der Waals surface area (Å²) in [5.74, 6) is 0. The van der Waals surface area contributed by atoms with E-state index in [1.54, 1.807) is 0 Å². The molecule has 1 unspecified atom stereocenters. The third-order valence-corrected chi connectivity index (χ3v) is 3.16. The number of benzene rings is 1. The van der Waals surface area contributed by atoms with Crippen LogP contribution in [0.1, 0.15) is 18.9 Å². The lowest BCUT2D eigenvalue weighted by Crippen LogP contribution is -2.44. The van der Waals surface area contributed by atoms with Gasteiger partial charge in [0.2, 0.25) is 0 Å². The highest BCUT2D eigenvalue weighted by Gasteiger charge is 2.21. The van der Waals surface area contributed by atoms with Crippen LogP contribution < -0.4 is 5.73 Å². The highest BCUT2D eigenvalue weighted by molar-refractivity contribution is 5.85. The molecule has 2 N–H and O–H groups in total. The number of rotatable bonds is 3. The Kier molecular flexibility index (Phi) is 5.75. The molecule has 3 nitrogen and oxygen atoms in total. The van der Waals surface area contributed by atoms with Crippen LogP contribution in [0, 0.1) is 0 Å². The van der Waals surface area contributed by atoms with Crippen molar-refractivity contribution in [3.8, 4) is 0 Å². The molecule has 1 aromatic rings. The van der Waals surface area contributed by atoms with Gasteiger partial charge in [0.15, 0.2) is 0 Å². The van der Waals surface area contributed by atoms with Crippen LogP contribution in [0.3, 0.4) is 0 Å². The van der Waals surface area contributed by atoms with Crippen LogP contribution in [0.5, 0.6) is 0 Å². The third-order valence-electron chi connectivity index (χ3n) is 3.16. The average molecular weight is 257 g/mol. The summed E-state index contributed by atoms with van der Waals surface area (Å²) in [5.41, 5.74) is 7.93. The van der Waals surface area contributed by atoms with Crippen molar-refractivity contribution < 1.29 is 4.74 Å².